The van der Waals surface area contributed by atoms with Crippen molar-refractivity contribution in [1.29, 1.82) is 0 Å². The molecular formula is C15H28N2O2. The highest BCUT2D eigenvalue weighted by Gasteiger charge is 2.31. The van der Waals surface area contributed by atoms with Crippen molar-refractivity contribution in [3.8, 4) is 0 Å². The zero-order chi connectivity index (χ0) is 13.7. The van der Waals surface area contributed by atoms with Crippen molar-refractivity contribution in [3.05, 3.63) is 0 Å². The standard InChI is InChI=1S/C15H28N2O2/c1-3-12-11-17(13(4-2)10-16-12)15(18)9-14-7-5-6-8-19-14/h12-14,16H,3-11H2,1-2H3. The van der Waals surface area contributed by atoms with Crippen molar-refractivity contribution in [2.24, 2.45) is 0 Å². The molecule has 0 saturated carbocycles. The van der Waals surface area contributed by atoms with E-state index in [1.54, 1.807) is 0 Å². The average molecular weight is 268 g/mol. The molecule has 110 valence electrons. The maximum atomic E-state index is 12.5. The second kappa shape index (κ2) is 7.25. The van der Waals surface area contributed by atoms with E-state index in [-0.39, 0.29) is 6.10 Å². The van der Waals surface area contributed by atoms with Gasteiger partial charge in [0.2, 0.25) is 5.91 Å². The predicted octanol–water partition coefficient (Wildman–Crippen LogP) is 1.93. The monoisotopic (exact) mass is 268 g/mol. The van der Waals surface area contributed by atoms with Crippen LogP contribution in [0.1, 0.15) is 52.4 Å². The van der Waals surface area contributed by atoms with E-state index in [4.69, 9.17) is 4.74 Å². The van der Waals surface area contributed by atoms with Crippen LogP contribution in [0.25, 0.3) is 0 Å². The summed E-state index contributed by atoms with van der Waals surface area (Å²) in [4.78, 5) is 14.6. The van der Waals surface area contributed by atoms with Crippen molar-refractivity contribution in [2.45, 2.75) is 70.6 Å². The number of piperazine rings is 1. The van der Waals surface area contributed by atoms with Crippen LogP contribution in [0.5, 0.6) is 0 Å². The third-order valence-corrected chi connectivity index (χ3v) is 4.46. The fourth-order valence-corrected chi connectivity index (χ4v) is 3.09. The largest absolute Gasteiger partial charge is 0.378 e. The van der Waals surface area contributed by atoms with Gasteiger partial charge in [-0.25, -0.2) is 0 Å². The van der Waals surface area contributed by atoms with E-state index in [1.165, 1.54) is 6.42 Å². The Labute approximate surface area is 116 Å². The molecule has 0 aliphatic carbocycles. The number of rotatable bonds is 4. The Morgan fingerprint density at radius 2 is 2.16 bits per heavy atom. The molecule has 19 heavy (non-hydrogen) atoms. The van der Waals surface area contributed by atoms with Crippen LogP contribution in [0, 0.1) is 0 Å². The molecule has 3 atom stereocenters. The fraction of sp³-hybridized carbons (Fsp3) is 0.933. The zero-order valence-electron chi connectivity index (χ0n) is 12.4. The number of hydrogen-bond acceptors (Lipinski definition) is 3. The van der Waals surface area contributed by atoms with Gasteiger partial charge in [0.1, 0.15) is 0 Å². The molecule has 1 N–H and O–H groups in total. The maximum absolute atomic E-state index is 12.5. The summed E-state index contributed by atoms with van der Waals surface area (Å²) in [6.45, 7) is 6.97. The molecular weight excluding hydrogens is 240 g/mol. The summed E-state index contributed by atoms with van der Waals surface area (Å²) in [5.41, 5.74) is 0. The summed E-state index contributed by atoms with van der Waals surface area (Å²) in [5, 5.41) is 3.53. The number of carbonyl (C=O) groups is 1. The van der Waals surface area contributed by atoms with Crippen LogP contribution in [-0.4, -0.2) is 48.7 Å². The number of nitrogens with zero attached hydrogens (tertiary/aromatic N) is 1. The van der Waals surface area contributed by atoms with Gasteiger partial charge in [0.25, 0.3) is 0 Å². The van der Waals surface area contributed by atoms with E-state index in [0.29, 0.717) is 24.4 Å². The molecule has 2 saturated heterocycles. The van der Waals surface area contributed by atoms with Crippen LogP contribution in [0.4, 0.5) is 0 Å². The first-order valence-corrected chi connectivity index (χ1v) is 7.89. The minimum Gasteiger partial charge on any atom is -0.378 e. The van der Waals surface area contributed by atoms with Gasteiger partial charge in [0.05, 0.1) is 12.5 Å². The third kappa shape index (κ3) is 3.93. The topological polar surface area (TPSA) is 41.6 Å². The molecule has 2 aliphatic heterocycles. The Morgan fingerprint density at radius 1 is 1.32 bits per heavy atom. The summed E-state index contributed by atoms with van der Waals surface area (Å²) < 4.78 is 5.70. The molecule has 0 aromatic heterocycles. The van der Waals surface area contributed by atoms with Crippen LogP contribution in [0.3, 0.4) is 0 Å². The Kier molecular flexibility index (Phi) is 5.64. The Morgan fingerprint density at radius 3 is 2.79 bits per heavy atom. The van der Waals surface area contributed by atoms with E-state index >= 15 is 0 Å². The molecule has 1 amide bonds. The highest BCUT2D eigenvalue weighted by molar-refractivity contribution is 5.77. The molecule has 4 nitrogen and oxygen atoms in total. The normalized spacial score (nSPS) is 32.3. The Bertz CT molecular complexity index is 290. The van der Waals surface area contributed by atoms with Gasteiger partial charge in [-0.05, 0) is 32.1 Å². The molecule has 2 heterocycles. The number of amides is 1. The summed E-state index contributed by atoms with van der Waals surface area (Å²) in [6, 6.07) is 0.818. The predicted molar refractivity (Wildman–Crippen MR) is 76.1 cm³/mol. The number of ether oxygens (including phenoxy) is 1. The first kappa shape index (κ1) is 14.8. The van der Waals surface area contributed by atoms with Gasteiger partial charge in [0.15, 0.2) is 0 Å². The van der Waals surface area contributed by atoms with Crippen LogP contribution in [0.15, 0.2) is 0 Å². The van der Waals surface area contributed by atoms with Crippen molar-refractivity contribution >= 4 is 5.91 Å². The van der Waals surface area contributed by atoms with Crippen molar-refractivity contribution in [1.82, 2.24) is 10.2 Å². The molecule has 2 fully saturated rings. The van der Waals surface area contributed by atoms with Crippen LogP contribution in [-0.2, 0) is 9.53 Å². The Balaban J connectivity index is 1.90. The molecule has 2 aliphatic rings. The molecule has 0 aromatic rings. The molecule has 3 unspecified atom stereocenters. The minimum absolute atomic E-state index is 0.161. The lowest BCUT2D eigenvalue weighted by Crippen LogP contribution is -2.58. The molecule has 2 rings (SSSR count). The fourth-order valence-electron chi connectivity index (χ4n) is 3.09. The third-order valence-electron chi connectivity index (χ3n) is 4.46. The SMILES string of the molecule is CCC1CN(C(=O)CC2CCCCO2)C(CC)CN1. The van der Waals surface area contributed by atoms with Gasteiger partial charge < -0.3 is 15.0 Å². The first-order valence-electron chi connectivity index (χ1n) is 7.89. The lowest BCUT2D eigenvalue weighted by molar-refractivity contribution is -0.139. The number of hydrogen-bond donors (Lipinski definition) is 1. The second-order valence-corrected chi connectivity index (χ2v) is 5.81. The van der Waals surface area contributed by atoms with Gasteiger partial charge in [-0.3, -0.25) is 4.79 Å². The molecule has 0 radical (unpaired) electrons. The van der Waals surface area contributed by atoms with Crippen molar-refractivity contribution in [2.75, 3.05) is 19.7 Å². The van der Waals surface area contributed by atoms with E-state index in [1.807, 2.05) is 0 Å². The number of carbonyl (C=O) groups excluding carboxylic acids is 1. The van der Waals surface area contributed by atoms with E-state index in [2.05, 4.69) is 24.1 Å². The van der Waals surface area contributed by atoms with Gasteiger partial charge >= 0.3 is 0 Å². The van der Waals surface area contributed by atoms with E-state index < -0.39 is 0 Å². The van der Waals surface area contributed by atoms with Crippen molar-refractivity contribution < 1.29 is 9.53 Å². The summed E-state index contributed by atoms with van der Waals surface area (Å²) >= 11 is 0. The highest BCUT2D eigenvalue weighted by atomic mass is 16.5. The van der Waals surface area contributed by atoms with Gasteiger partial charge in [-0.1, -0.05) is 13.8 Å². The molecule has 0 bridgehead atoms. The minimum atomic E-state index is 0.161. The zero-order valence-corrected chi connectivity index (χ0v) is 12.4. The highest BCUT2D eigenvalue weighted by Crippen LogP contribution is 2.19. The van der Waals surface area contributed by atoms with Gasteiger partial charge in [-0.2, -0.15) is 0 Å². The van der Waals surface area contributed by atoms with Gasteiger partial charge in [-0.15, -0.1) is 0 Å². The average Bonchev–Trinajstić information content (AvgIpc) is 2.47. The second-order valence-electron chi connectivity index (χ2n) is 5.81. The molecule has 4 heteroatoms. The van der Waals surface area contributed by atoms with E-state index in [0.717, 1.165) is 45.4 Å². The van der Waals surface area contributed by atoms with Crippen LogP contribution >= 0.6 is 0 Å². The first-order chi connectivity index (χ1) is 9.24. The van der Waals surface area contributed by atoms with Crippen LogP contribution < -0.4 is 5.32 Å². The quantitative estimate of drug-likeness (QED) is 0.847. The number of nitrogens with one attached hydrogen (secondary N) is 1. The summed E-state index contributed by atoms with van der Waals surface area (Å²) in [5.74, 6) is 0.290. The lowest BCUT2D eigenvalue weighted by atomic mass is 10.0. The smallest absolute Gasteiger partial charge is 0.225 e. The van der Waals surface area contributed by atoms with Crippen molar-refractivity contribution in [3.63, 3.8) is 0 Å². The summed E-state index contributed by atoms with van der Waals surface area (Å²) in [6.07, 6.45) is 6.25. The van der Waals surface area contributed by atoms with Crippen LogP contribution in [0.2, 0.25) is 0 Å². The lowest BCUT2D eigenvalue weighted by Gasteiger charge is -2.40. The molecule has 0 spiro atoms. The van der Waals surface area contributed by atoms with E-state index in [9.17, 15) is 4.79 Å². The molecule has 0 aromatic carbocycles. The summed E-state index contributed by atoms with van der Waals surface area (Å²) in [7, 11) is 0. The Hall–Kier alpha value is -0.610. The maximum Gasteiger partial charge on any atom is 0.225 e. The van der Waals surface area contributed by atoms with Gasteiger partial charge in [0, 0.05) is 31.8 Å².